The molecule has 7 heteroatoms. The number of nitrogens with zero attached hydrogens (tertiary/aromatic N) is 2. The lowest BCUT2D eigenvalue weighted by atomic mass is 10.1. The van der Waals surface area contributed by atoms with Crippen LogP contribution in [0.5, 0.6) is 0 Å². The van der Waals surface area contributed by atoms with Gasteiger partial charge in [0.2, 0.25) is 0 Å². The molecule has 0 spiro atoms. The van der Waals surface area contributed by atoms with E-state index in [0.717, 1.165) is 5.56 Å². The summed E-state index contributed by atoms with van der Waals surface area (Å²) in [6, 6.07) is 6.97. The highest BCUT2D eigenvalue weighted by molar-refractivity contribution is 5.89. The molecule has 1 saturated carbocycles. The van der Waals surface area contributed by atoms with Crippen LogP contribution in [0.3, 0.4) is 0 Å². The minimum absolute atomic E-state index is 0.0388. The van der Waals surface area contributed by atoms with Crippen molar-refractivity contribution in [3.05, 3.63) is 30.1 Å². The number of aromatic nitrogens is 2. The summed E-state index contributed by atoms with van der Waals surface area (Å²) in [5.41, 5.74) is 1.50. The van der Waals surface area contributed by atoms with Crippen molar-refractivity contribution in [1.82, 2.24) is 15.5 Å². The molecule has 0 radical (unpaired) electrons. The minimum atomic E-state index is -0.244. The topological polar surface area (TPSA) is 89.3 Å². The van der Waals surface area contributed by atoms with Crippen LogP contribution in [0.25, 0.3) is 11.5 Å². The summed E-state index contributed by atoms with van der Waals surface area (Å²) in [5, 5.41) is 9.52. The Balaban J connectivity index is 1.56. The normalized spacial score (nSPS) is 16.5. The van der Waals surface area contributed by atoms with Gasteiger partial charge in [-0.3, -0.25) is 0 Å². The average molecular weight is 330 g/mol. The summed E-state index contributed by atoms with van der Waals surface area (Å²) >= 11 is 0. The van der Waals surface area contributed by atoms with Crippen molar-refractivity contribution in [2.45, 2.75) is 38.8 Å². The standard InChI is InChI=1S/C17H22N4O3/c1-10(15(23-3)12-4-5-12)18-17(22)20-14-8-6-13(7-9-14)16-19-11(2)21-24-16/h6-10,12,15H,4-5H2,1-3H3,(H2,18,20,22). The maximum atomic E-state index is 12.1. The lowest BCUT2D eigenvalue weighted by Gasteiger charge is -2.23. The zero-order chi connectivity index (χ0) is 17.1. The van der Waals surface area contributed by atoms with E-state index in [0.29, 0.717) is 23.3 Å². The summed E-state index contributed by atoms with van der Waals surface area (Å²) in [6.45, 7) is 3.73. The van der Waals surface area contributed by atoms with E-state index in [1.807, 2.05) is 19.1 Å². The van der Waals surface area contributed by atoms with Crippen molar-refractivity contribution in [2.24, 2.45) is 5.92 Å². The number of nitrogens with one attached hydrogen (secondary N) is 2. The molecule has 2 atom stereocenters. The van der Waals surface area contributed by atoms with Gasteiger partial charge < -0.3 is 19.9 Å². The van der Waals surface area contributed by atoms with Crippen LogP contribution < -0.4 is 10.6 Å². The quantitative estimate of drug-likeness (QED) is 0.850. The van der Waals surface area contributed by atoms with Gasteiger partial charge in [0.1, 0.15) is 0 Å². The summed E-state index contributed by atoms with van der Waals surface area (Å²) in [6.07, 6.45) is 2.41. The Kier molecular flexibility index (Phi) is 4.80. The van der Waals surface area contributed by atoms with Gasteiger partial charge in [-0.25, -0.2) is 4.79 Å². The van der Waals surface area contributed by atoms with Crippen molar-refractivity contribution in [1.29, 1.82) is 0 Å². The van der Waals surface area contributed by atoms with Crippen LogP contribution in [-0.4, -0.2) is 35.4 Å². The second-order valence-electron chi connectivity index (χ2n) is 6.15. The third-order valence-electron chi connectivity index (χ3n) is 4.13. The van der Waals surface area contributed by atoms with Gasteiger partial charge >= 0.3 is 6.03 Å². The molecule has 1 aromatic heterocycles. The number of aryl methyl sites for hydroxylation is 1. The SMILES string of the molecule is COC(C1CC1)C(C)NC(=O)Nc1ccc(-c2nc(C)no2)cc1. The lowest BCUT2D eigenvalue weighted by molar-refractivity contribution is 0.0598. The maximum Gasteiger partial charge on any atom is 0.319 e. The number of carbonyl (C=O) groups excluding carboxylic acids is 1. The average Bonchev–Trinajstić information content (AvgIpc) is 3.29. The molecule has 3 rings (SSSR count). The first-order valence-electron chi connectivity index (χ1n) is 8.08. The van der Waals surface area contributed by atoms with E-state index >= 15 is 0 Å². The molecule has 1 fully saturated rings. The van der Waals surface area contributed by atoms with Crippen LogP contribution in [0.1, 0.15) is 25.6 Å². The number of benzene rings is 1. The van der Waals surface area contributed by atoms with E-state index < -0.39 is 0 Å². The third kappa shape index (κ3) is 3.91. The number of methoxy groups -OCH3 is 1. The van der Waals surface area contributed by atoms with Gasteiger partial charge in [-0.1, -0.05) is 5.16 Å². The molecule has 1 aliphatic carbocycles. The fraction of sp³-hybridized carbons (Fsp3) is 0.471. The van der Waals surface area contributed by atoms with E-state index in [2.05, 4.69) is 20.8 Å². The maximum absolute atomic E-state index is 12.1. The molecule has 2 N–H and O–H groups in total. The van der Waals surface area contributed by atoms with E-state index in [-0.39, 0.29) is 18.2 Å². The predicted molar refractivity (Wildman–Crippen MR) is 89.6 cm³/mol. The van der Waals surface area contributed by atoms with Gasteiger partial charge in [0.25, 0.3) is 5.89 Å². The summed E-state index contributed by atoms with van der Waals surface area (Å²) in [4.78, 5) is 16.3. The Morgan fingerprint density at radius 1 is 1.33 bits per heavy atom. The largest absolute Gasteiger partial charge is 0.379 e. The first-order chi connectivity index (χ1) is 11.6. The highest BCUT2D eigenvalue weighted by Crippen LogP contribution is 2.35. The highest BCUT2D eigenvalue weighted by atomic mass is 16.5. The molecule has 2 unspecified atom stereocenters. The monoisotopic (exact) mass is 330 g/mol. The van der Waals surface area contributed by atoms with Crippen molar-refractivity contribution in [3.63, 3.8) is 0 Å². The first-order valence-corrected chi connectivity index (χ1v) is 8.08. The Hall–Kier alpha value is -2.41. The molecule has 2 aromatic rings. The van der Waals surface area contributed by atoms with Gasteiger partial charge in [-0.2, -0.15) is 4.98 Å². The summed E-state index contributed by atoms with van der Waals surface area (Å²) in [5.74, 6) is 1.61. The number of amides is 2. The zero-order valence-electron chi connectivity index (χ0n) is 14.1. The molecule has 2 amide bonds. The van der Waals surface area contributed by atoms with E-state index in [1.165, 1.54) is 12.8 Å². The smallest absolute Gasteiger partial charge is 0.319 e. The molecule has 1 heterocycles. The Morgan fingerprint density at radius 3 is 2.58 bits per heavy atom. The van der Waals surface area contributed by atoms with Crippen LogP contribution in [0.2, 0.25) is 0 Å². The number of rotatable bonds is 6. The number of hydrogen-bond donors (Lipinski definition) is 2. The van der Waals surface area contributed by atoms with Gasteiger partial charge in [-0.05, 0) is 56.9 Å². The highest BCUT2D eigenvalue weighted by Gasteiger charge is 2.35. The van der Waals surface area contributed by atoms with Crippen LogP contribution in [-0.2, 0) is 4.74 Å². The summed E-state index contributed by atoms with van der Waals surface area (Å²) < 4.78 is 10.6. The molecule has 7 nitrogen and oxygen atoms in total. The third-order valence-corrected chi connectivity index (χ3v) is 4.13. The Bertz CT molecular complexity index is 694. The molecule has 24 heavy (non-hydrogen) atoms. The van der Waals surface area contributed by atoms with Crippen molar-refractivity contribution in [2.75, 3.05) is 12.4 Å². The van der Waals surface area contributed by atoms with Gasteiger partial charge in [0, 0.05) is 18.4 Å². The van der Waals surface area contributed by atoms with Crippen molar-refractivity contribution in [3.8, 4) is 11.5 Å². The van der Waals surface area contributed by atoms with E-state index in [1.54, 1.807) is 26.2 Å². The Labute approximate surface area is 140 Å². The number of hydrogen-bond acceptors (Lipinski definition) is 5. The Morgan fingerprint density at radius 2 is 2.04 bits per heavy atom. The van der Waals surface area contributed by atoms with E-state index in [4.69, 9.17) is 9.26 Å². The molecular weight excluding hydrogens is 308 g/mol. The molecule has 1 aliphatic rings. The zero-order valence-corrected chi connectivity index (χ0v) is 14.1. The molecule has 0 aliphatic heterocycles. The van der Waals surface area contributed by atoms with Crippen LogP contribution in [0.15, 0.2) is 28.8 Å². The van der Waals surface area contributed by atoms with Gasteiger partial charge in [-0.15, -0.1) is 0 Å². The van der Waals surface area contributed by atoms with Crippen LogP contribution in [0.4, 0.5) is 10.5 Å². The van der Waals surface area contributed by atoms with Crippen molar-refractivity contribution < 1.29 is 14.1 Å². The number of ether oxygens (including phenoxy) is 1. The number of anilines is 1. The predicted octanol–water partition coefficient (Wildman–Crippen LogP) is 2.98. The van der Waals surface area contributed by atoms with Gasteiger partial charge in [0.05, 0.1) is 12.1 Å². The minimum Gasteiger partial charge on any atom is -0.379 e. The molecule has 0 saturated heterocycles. The first kappa shape index (κ1) is 16.4. The molecule has 128 valence electrons. The van der Waals surface area contributed by atoms with Crippen LogP contribution >= 0.6 is 0 Å². The fourth-order valence-electron chi connectivity index (χ4n) is 2.80. The lowest BCUT2D eigenvalue weighted by Crippen LogP contribution is -2.44. The molecular formula is C17H22N4O3. The number of urea groups is 1. The van der Waals surface area contributed by atoms with Gasteiger partial charge in [0.15, 0.2) is 5.82 Å². The van der Waals surface area contributed by atoms with E-state index in [9.17, 15) is 4.79 Å². The molecule has 1 aromatic carbocycles. The number of carbonyl (C=O) groups is 1. The second kappa shape index (κ2) is 7.00. The molecule has 0 bridgehead atoms. The summed E-state index contributed by atoms with van der Waals surface area (Å²) in [7, 11) is 1.69. The fourth-order valence-corrected chi connectivity index (χ4v) is 2.80. The van der Waals surface area contributed by atoms with Crippen LogP contribution in [0, 0.1) is 12.8 Å². The second-order valence-corrected chi connectivity index (χ2v) is 6.15. The van der Waals surface area contributed by atoms with Crippen molar-refractivity contribution >= 4 is 11.7 Å².